The van der Waals surface area contributed by atoms with Gasteiger partial charge in [-0.05, 0) is 24.6 Å². The first kappa shape index (κ1) is 13.4. The van der Waals surface area contributed by atoms with E-state index in [0.29, 0.717) is 23.2 Å². The van der Waals surface area contributed by atoms with Gasteiger partial charge in [-0.2, -0.15) is 4.98 Å². The number of methoxy groups -OCH3 is 1. The minimum absolute atomic E-state index is 0.196. The number of aryl methyl sites for hydroxylation is 1. The Labute approximate surface area is 111 Å². The summed E-state index contributed by atoms with van der Waals surface area (Å²) in [7, 11) is 1.55. The molecule has 2 aromatic rings. The molecule has 0 saturated heterocycles. The molecular weight excluding hydrogens is 248 g/mol. The molecule has 0 radical (unpaired) electrons. The SMILES string of the molecule is COc1cc([C@@H](C)O)ccc1OCc1noc(C)n1. The third-order valence-electron chi connectivity index (χ3n) is 2.60. The molecular formula is C13H16N2O4. The number of hydrogen-bond acceptors (Lipinski definition) is 6. The highest BCUT2D eigenvalue weighted by Crippen LogP contribution is 2.30. The lowest BCUT2D eigenvalue weighted by molar-refractivity contribution is 0.198. The van der Waals surface area contributed by atoms with E-state index < -0.39 is 6.10 Å². The maximum absolute atomic E-state index is 9.52. The summed E-state index contributed by atoms with van der Waals surface area (Å²) in [5, 5.41) is 13.3. The predicted octanol–water partition coefficient (Wildman–Crippen LogP) is 2.02. The van der Waals surface area contributed by atoms with Gasteiger partial charge in [-0.25, -0.2) is 0 Å². The smallest absolute Gasteiger partial charge is 0.223 e. The first-order chi connectivity index (χ1) is 9.10. The number of benzene rings is 1. The van der Waals surface area contributed by atoms with Crippen LogP contribution in [-0.4, -0.2) is 22.4 Å². The molecule has 0 unspecified atom stereocenters. The second kappa shape index (κ2) is 5.71. The number of hydrogen-bond donors (Lipinski definition) is 1. The molecule has 0 spiro atoms. The van der Waals surface area contributed by atoms with Crippen molar-refractivity contribution >= 4 is 0 Å². The van der Waals surface area contributed by atoms with E-state index >= 15 is 0 Å². The fourth-order valence-electron chi connectivity index (χ4n) is 1.61. The van der Waals surface area contributed by atoms with Crippen LogP contribution in [0.1, 0.15) is 30.3 Å². The molecule has 0 aliphatic heterocycles. The third-order valence-corrected chi connectivity index (χ3v) is 2.60. The van der Waals surface area contributed by atoms with Crippen LogP contribution in [0.15, 0.2) is 22.7 Å². The highest BCUT2D eigenvalue weighted by atomic mass is 16.5. The number of aromatic nitrogens is 2. The van der Waals surface area contributed by atoms with Gasteiger partial charge in [0.15, 0.2) is 18.1 Å². The molecule has 0 aliphatic rings. The Morgan fingerprint density at radius 1 is 1.37 bits per heavy atom. The van der Waals surface area contributed by atoms with E-state index in [9.17, 15) is 5.11 Å². The van der Waals surface area contributed by atoms with Crippen molar-refractivity contribution in [2.75, 3.05) is 7.11 Å². The second-order valence-electron chi connectivity index (χ2n) is 4.10. The lowest BCUT2D eigenvalue weighted by atomic mass is 10.1. The Morgan fingerprint density at radius 3 is 2.74 bits per heavy atom. The van der Waals surface area contributed by atoms with Crippen LogP contribution >= 0.6 is 0 Å². The minimum Gasteiger partial charge on any atom is -0.493 e. The second-order valence-corrected chi connectivity index (χ2v) is 4.10. The topological polar surface area (TPSA) is 77.6 Å². The standard InChI is InChI=1S/C13H16N2O4/c1-8(16)10-4-5-11(12(6-10)17-3)18-7-13-14-9(2)19-15-13/h4-6,8,16H,7H2,1-3H3/t8-/m1/s1. The fourth-order valence-corrected chi connectivity index (χ4v) is 1.61. The molecule has 0 fully saturated rings. The van der Waals surface area contributed by atoms with Crippen molar-refractivity contribution in [3.63, 3.8) is 0 Å². The van der Waals surface area contributed by atoms with Crippen LogP contribution in [0.2, 0.25) is 0 Å². The molecule has 1 atom stereocenters. The lowest BCUT2D eigenvalue weighted by Gasteiger charge is -2.12. The summed E-state index contributed by atoms with van der Waals surface area (Å²) < 4.78 is 15.7. The van der Waals surface area contributed by atoms with Gasteiger partial charge >= 0.3 is 0 Å². The zero-order chi connectivity index (χ0) is 13.8. The molecule has 0 bridgehead atoms. The van der Waals surface area contributed by atoms with Gasteiger partial charge in [-0.15, -0.1) is 0 Å². The van der Waals surface area contributed by atoms with Crippen LogP contribution in [0.4, 0.5) is 0 Å². The molecule has 0 amide bonds. The summed E-state index contributed by atoms with van der Waals surface area (Å²) in [5.74, 6) is 2.09. The van der Waals surface area contributed by atoms with Crippen LogP contribution < -0.4 is 9.47 Å². The van der Waals surface area contributed by atoms with Gasteiger partial charge in [-0.3, -0.25) is 0 Å². The zero-order valence-corrected chi connectivity index (χ0v) is 11.1. The monoisotopic (exact) mass is 264 g/mol. The normalized spacial score (nSPS) is 12.2. The molecule has 2 rings (SSSR count). The van der Waals surface area contributed by atoms with Gasteiger partial charge in [0.05, 0.1) is 13.2 Å². The average molecular weight is 264 g/mol. The molecule has 1 N–H and O–H groups in total. The summed E-state index contributed by atoms with van der Waals surface area (Å²) in [6, 6.07) is 5.26. The Balaban J connectivity index is 2.11. The quantitative estimate of drug-likeness (QED) is 0.890. The summed E-state index contributed by atoms with van der Waals surface area (Å²) in [6.45, 7) is 3.60. The Bertz CT molecular complexity index is 551. The van der Waals surface area contributed by atoms with E-state index in [4.69, 9.17) is 14.0 Å². The van der Waals surface area contributed by atoms with E-state index in [1.165, 1.54) is 0 Å². The van der Waals surface area contributed by atoms with E-state index in [1.807, 2.05) is 0 Å². The maximum Gasteiger partial charge on any atom is 0.223 e. The number of aliphatic hydroxyl groups is 1. The van der Waals surface area contributed by atoms with Gasteiger partial charge < -0.3 is 19.1 Å². The van der Waals surface area contributed by atoms with Crippen LogP contribution in [0.3, 0.4) is 0 Å². The van der Waals surface area contributed by atoms with Crippen molar-refractivity contribution in [1.82, 2.24) is 10.1 Å². The van der Waals surface area contributed by atoms with E-state index in [2.05, 4.69) is 10.1 Å². The summed E-state index contributed by atoms with van der Waals surface area (Å²) >= 11 is 0. The number of rotatable bonds is 5. The molecule has 1 aromatic carbocycles. The minimum atomic E-state index is -0.553. The van der Waals surface area contributed by atoms with Gasteiger partial charge in [0.25, 0.3) is 0 Å². The van der Waals surface area contributed by atoms with Crippen molar-refractivity contribution < 1.29 is 19.1 Å². The van der Waals surface area contributed by atoms with E-state index in [1.54, 1.807) is 39.2 Å². The summed E-state index contributed by atoms with van der Waals surface area (Å²) in [4.78, 5) is 4.04. The van der Waals surface area contributed by atoms with Crippen molar-refractivity contribution in [1.29, 1.82) is 0 Å². The van der Waals surface area contributed by atoms with Crippen LogP contribution in [0.5, 0.6) is 11.5 Å². The third kappa shape index (κ3) is 3.23. The Kier molecular flexibility index (Phi) is 4.01. The fraction of sp³-hybridized carbons (Fsp3) is 0.385. The maximum atomic E-state index is 9.52. The van der Waals surface area contributed by atoms with E-state index in [-0.39, 0.29) is 6.61 Å². The van der Waals surface area contributed by atoms with Crippen LogP contribution in [-0.2, 0) is 6.61 Å². The van der Waals surface area contributed by atoms with E-state index in [0.717, 1.165) is 5.56 Å². The highest BCUT2D eigenvalue weighted by molar-refractivity contribution is 5.43. The van der Waals surface area contributed by atoms with Gasteiger partial charge in [-0.1, -0.05) is 11.2 Å². The number of aliphatic hydroxyl groups excluding tert-OH is 1. The van der Waals surface area contributed by atoms with Crippen molar-refractivity contribution in [2.24, 2.45) is 0 Å². The molecule has 6 nitrogen and oxygen atoms in total. The molecule has 0 aliphatic carbocycles. The molecule has 102 valence electrons. The summed E-state index contributed by atoms with van der Waals surface area (Å²) in [6.07, 6.45) is -0.553. The molecule has 19 heavy (non-hydrogen) atoms. The highest BCUT2D eigenvalue weighted by Gasteiger charge is 2.10. The average Bonchev–Trinajstić information content (AvgIpc) is 2.81. The van der Waals surface area contributed by atoms with Crippen LogP contribution in [0.25, 0.3) is 0 Å². The van der Waals surface area contributed by atoms with Crippen molar-refractivity contribution in [3.8, 4) is 11.5 Å². The number of ether oxygens (including phenoxy) is 2. The molecule has 1 heterocycles. The lowest BCUT2D eigenvalue weighted by Crippen LogP contribution is -2.00. The summed E-state index contributed by atoms with van der Waals surface area (Å²) in [5.41, 5.74) is 0.764. The zero-order valence-electron chi connectivity index (χ0n) is 11.1. The first-order valence-corrected chi connectivity index (χ1v) is 5.88. The van der Waals surface area contributed by atoms with Gasteiger partial charge in [0, 0.05) is 6.92 Å². The Hall–Kier alpha value is -2.08. The number of nitrogens with zero attached hydrogens (tertiary/aromatic N) is 2. The predicted molar refractivity (Wildman–Crippen MR) is 67.0 cm³/mol. The Morgan fingerprint density at radius 2 is 2.16 bits per heavy atom. The van der Waals surface area contributed by atoms with Gasteiger partial charge in [0.2, 0.25) is 11.7 Å². The largest absolute Gasteiger partial charge is 0.493 e. The van der Waals surface area contributed by atoms with Crippen molar-refractivity contribution in [2.45, 2.75) is 26.6 Å². The molecule has 6 heteroatoms. The molecule has 0 saturated carbocycles. The molecule has 1 aromatic heterocycles. The first-order valence-electron chi connectivity index (χ1n) is 5.88. The van der Waals surface area contributed by atoms with Crippen molar-refractivity contribution in [3.05, 3.63) is 35.5 Å². The van der Waals surface area contributed by atoms with Gasteiger partial charge in [0.1, 0.15) is 0 Å². The van der Waals surface area contributed by atoms with Crippen LogP contribution in [0, 0.1) is 6.92 Å².